The van der Waals surface area contributed by atoms with Gasteiger partial charge in [0.15, 0.2) is 0 Å². The molecule has 0 spiro atoms. The van der Waals surface area contributed by atoms with E-state index in [4.69, 9.17) is 0 Å². The normalized spacial score (nSPS) is 14.0. The van der Waals surface area contributed by atoms with E-state index in [9.17, 15) is 14.7 Å². The number of fused-ring (bicyclic) bond motifs is 1. The lowest BCUT2D eigenvalue weighted by Gasteiger charge is -2.15. The first-order valence-corrected chi connectivity index (χ1v) is 9.67. The standard InChI is InChI=1S/C18H22N4O3S/c1-3-12(8-23)19-17(24)18(25)20-16-14-9-26-10-15(14)21-22(16)13-6-4-5-11(2)7-13/h4-7,12,23H,3,8-10H2,1-2H3,(H,19,24)(H,20,25)/t12-/m0/s1. The number of nitrogens with one attached hydrogen (secondary N) is 2. The number of hydrogen-bond donors (Lipinski definition) is 3. The Bertz CT molecular complexity index is 830. The Kier molecular flexibility index (Phi) is 5.63. The Morgan fingerprint density at radius 2 is 2.15 bits per heavy atom. The van der Waals surface area contributed by atoms with Crippen LogP contribution < -0.4 is 10.6 Å². The highest BCUT2D eigenvalue weighted by Crippen LogP contribution is 2.36. The summed E-state index contributed by atoms with van der Waals surface area (Å²) < 4.78 is 1.69. The summed E-state index contributed by atoms with van der Waals surface area (Å²) in [5.74, 6) is 0.540. The number of carbonyl (C=O) groups excluding carboxylic acids is 2. The molecule has 0 saturated heterocycles. The van der Waals surface area contributed by atoms with Crippen molar-refractivity contribution in [1.29, 1.82) is 0 Å². The number of aliphatic hydroxyl groups is 1. The summed E-state index contributed by atoms with van der Waals surface area (Å²) >= 11 is 1.72. The van der Waals surface area contributed by atoms with E-state index in [1.807, 2.05) is 38.1 Å². The zero-order chi connectivity index (χ0) is 18.7. The second-order valence-corrected chi connectivity index (χ2v) is 7.22. The summed E-state index contributed by atoms with van der Waals surface area (Å²) in [6.45, 7) is 3.61. The predicted molar refractivity (Wildman–Crippen MR) is 101 cm³/mol. The highest BCUT2D eigenvalue weighted by atomic mass is 32.2. The van der Waals surface area contributed by atoms with Crippen molar-refractivity contribution in [3.63, 3.8) is 0 Å². The van der Waals surface area contributed by atoms with Gasteiger partial charge in [-0.25, -0.2) is 4.68 Å². The molecule has 7 nitrogen and oxygen atoms in total. The van der Waals surface area contributed by atoms with E-state index in [1.54, 1.807) is 16.4 Å². The molecule has 0 aliphatic carbocycles. The number of aryl methyl sites for hydroxylation is 1. The molecule has 2 amide bonds. The number of rotatable bonds is 5. The molecule has 26 heavy (non-hydrogen) atoms. The maximum atomic E-state index is 12.4. The summed E-state index contributed by atoms with van der Waals surface area (Å²) in [5.41, 5.74) is 3.79. The largest absolute Gasteiger partial charge is 0.394 e. The molecule has 3 N–H and O–H groups in total. The van der Waals surface area contributed by atoms with Crippen LogP contribution in [0.5, 0.6) is 0 Å². The summed E-state index contributed by atoms with van der Waals surface area (Å²) in [7, 11) is 0. The Labute approximate surface area is 156 Å². The highest BCUT2D eigenvalue weighted by Gasteiger charge is 2.27. The average molecular weight is 374 g/mol. The molecule has 1 atom stereocenters. The Morgan fingerprint density at radius 3 is 2.85 bits per heavy atom. The predicted octanol–water partition coefficient (Wildman–Crippen LogP) is 1.75. The smallest absolute Gasteiger partial charge is 0.314 e. The van der Waals surface area contributed by atoms with Crippen molar-refractivity contribution >= 4 is 29.4 Å². The van der Waals surface area contributed by atoms with Crippen molar-refractivity contribution in [3.05, 3.63) is 41.1 Å². The topological polar surface area (TPSA) is 96.2 Å². The van der Waals surface area contributed by atoms with Crippen LogP contribution in [0.2, 0.25) is 0 Å². The number of nitrogens with zero attached hydrogens (tertiary/aromatic N) is 2. The lowest BCUT2D eigenvalue weighted by molar-refractivity contribution is -0.136. The van der Waals surface area contributed by atoms with Gasteiger partial charge >= 0.3 is 11.8 Å². The van der Waals surface area contributed by atoms with Gasteiger partial charge in [0, 0.05) is 17.1 Å². The molecule has 1 aliphatic heterocycles. The van der Waals surface area contributed by atoms with Gasteiger partial charge in [0.2, 0.25) is 0 Å². The van der Waals surface area contributed by atoms with Gasteiger partial charge in [0.05, 0.1) is 24.0 Å². The number of aromatic nitrogens is 2. The number of thioether (sulfide) groups is 1. The molecule has 0 fully saturated rings. The van der Waals surface area contributed by atoms with E-state index in [2.05, 4.69) is 15.7 Å². The van der Waals surface area contributed by atoms with E-state index >= 15 is 0 Å². The minimum Gasteiger partial charge on any atom is -0.394 e. The third kappa shape index (κ3) is 3.76. The molecule has 1 aromatic carbocycles. The molecule has 0 saturated carbocycles. The number of benzene rings is 1. The Balaban J connectivity index is 1.87. The van der Waals surface area contributed by atoms with Crippen LogP contribution in [0.3, 0.4) is 0 Å². The fourth-order valence-electron chi connectivity index (χ4n) is 2.78. The van der Waals surface area contributed by atoms with E-state index < -0.39 is 17.9 Å². The van der Waals surface area contributed by atoms with Crippen molar-refractivity contribution < 1.29 is 14.7 Å². The fraction of sp³-hybridized carbons (Fsp3) is 0.389. The van der Waals surface area contributed by atoms with Crippen molar-refractivity contribution in [3.8, 4) is 5.69 Å². The maximum Gasteiger partial charge on any atom is 0.314 e. The van der Waals surface area contributed by atoms with Crippen LogP contribution in [0.25, 0.3) is 5.69 Å². The van der Waals surface area contributed by atoms with Crippen LogP contribution in [0.1, 0.15) is 30.2 Å². The fourth-order valence-corrected chi connectivity index (χ4v) is 3.81. The third-order valence-corrected chi connectivity index (χ3v) is 5.26. The number of anilines is 1. The van der Waals surface area contributed by atoms with Crippen LogP contribution in [-0.2, 0) is 21.1 Å². The van der Waals surface area contributed by atoms with Crippen LogP contribution in [-0.4, -0.2) is 39.4 Å². The lowest BCUT2D eigenvalue weighted by atomic mass is 10.2. The zero-order valence-electron chi connectivity index (χ0n) is 14.8. The summed E-state index contributed by atoms with van der Waals surface area (Å²) in [5, 5.41) is 19.1. The maximum absolute atomic E-state index is 12.4. The molecule has 138 valence electrons. The number of carbonyl (C=O) groups is 2. The second-order valence-electron chi connectivity index (χ2n) is 6.23. The first kappa shape index (κ1) is 18.5. The van der Waals surface area contributed by atoms with Crippen LogP contribution in [0.4, 0.5) is 5.82 Å². The monoisotopic (exact) mass is 374 g/mol. The van der Waals surface area contributed by atoms with E-state index in [0.717, 1.165) is 34.0 Å². The average Bonchev–Trinajstić information content (AvgIpc) is 3.22. The number of amides is 2. The first-order chi connectivity index (χ1) is 12.5. The Hall–Kier alpha value is -2.32. The molecule has 1 aliphatic rings. The van der Waals surface area contributed by atoms with Gasteiger partial charge in [0.25, 0.3) is 0 Å². The van der Waals surface area contributed by atoms with Crippen LogP contribution in [0, 0.1) is 6.92 Å². The Morgan fingerprint density at radius 1 is 1.35 bits per heavy atom. The molecule has 2 heterocycles. The van der Waals surface area contributed by atoms with Gasteiger partial charge in [-0.2, -0.15) is 16.9 Å². The number of hydrogen-bond acceptors (Lipinski definition) is 5. The molecular formula is C18H22N4O3S. The van der Waals surface area contributed by atoms with Crippen molar-refractivity contribution in [2.75, 3.05) is 11.9 Å². The minimum absolute atomic E-state index is 0.206. The van der Waals surface area contributed by atoms with E-state index in [-0.39, 0.29) is 6.61 Å². The molecule has 2 aromatic rings. The molecular weight excluding hydrogens is 352 g/mol. The third-order valence-electron chi connectivity index (χ3n) is 4.28. The van der Waals surface area contributed by atoms with Gasteiger partial charge in [-0.3, -0.25) is 9.59 Å². The van der Waals surface area contributed by atoms with E-state index in [0.29, 0.717) is 12.2 Å². The molecule has 1 aromatic heterocycles. The van der Waals surface area contributed by atoms with Gasteiger partial charge in [0.1, 0.15) is 5.82 Å². The van der Waals surface area contributed by atoms with E-state index in [1.165, 1.54) is 0 Å². The first-order valence-electron chi connectivity index (χ1n) is 8.51. The van der Waals surface area contributed by atoms with Gasteiger partial charge < -0.3 is 15.7 Å². The minimum atomic E-state index is -0.762. The van der Waals surface area contributed by atoms with Gasteiger partial charge in [-0.05, 0) is 31.0 Å². The summed E-state index contributed by atoms with van der Waals surface area (Å²) in [6.07, 6.45) is 0.544. The highest BCUT2D eigenvalue weighted by molar-refractivity contribution is 7.98. The number of aliphatic hydroxyl groups excluding tert-OH is 1. The lowest BCUT2D eigenvalue weighted by Crippen LogP contribution is -2.43. The molecule has 3 rings (SSSR count). The van der Waals surface area contributed by atoms with Gasteiger partial charge in [-0.15, -0.1) is 0 Å². The van der Waals surface area contributed by atoms with Crippen molar-refractivity contribution in [2.45, 2.75) is 37.8 Å². The van der Waals surface area contributed by atoms with Crippen molar-refractivity contribution in [1.82, 2.24) is 15.1 Å². The summed E-state index contributed by atoms with van der Waals surface area (Å²) in [4.78, 5) is 24.5. The quantitative estimate of drug-likeness (QED) is 0.693. The summed E-state index contributed by atoms with van der Waals surface area (Å²) in [6, 6.07) is 7.37. The van der Waals surface area contributed by atoms with Crippen LogP contribution >= 0.6 is 11.8 Å². The zero-order valence-corrected chi connectivity index (χ0v) is 15.6. The SMILES string of the molecule is CC[C@@H](CO)NC(=O)C(=O)Nc1c2c(nn1-c1cccc(C)c1)CSC2. The van der Waals surface area contributed by atoms with Gasteiger partial charge in [-0.1, -0.05) is 19.1 Å². The second kappa shape index (κ2) is 7.92. The van der Waals surface area contributed by atoms with Crippen molar-refractivity contribution in [2.24, 2.45) is 0 Å². The molecule has 0 bridgehead atoms. The molecule has 0 unspecified atom stereocenters. The molecule has 0 radical (unpaired) electrons. The van der Waals surface area contributed by atoms with Crippen LogP contribution in [0.15, 0.2) is 24.3 Å². The molecule has 8 heteroatoms.